The Morgan fingerprint density at radius 1 is 1.45 bits per heavy atom. The molecule has 1 fully saturated rings. The van der Waals surface area contributed by atoms with Crippen LogP contribution in [0.3, 0.4) is 0 Å². The Labute approximate surface area is 132 Å². The monoisotopic (exact) mass is 329 g/mol. The Bertz CT molecular complexity index is 581. The van der Waals surface area contributed by atoms with Crippen LogP contribution in [-0.4, -0.2) is 40.6 Å². The second kappa shape index (κ2) is 6.96. The summed E-state index contributed by atoms with van der Waals surface area (Å²) < 4.78 is 18.5. The van der Waals surface area contributed by atoms with Gasteiger partial charge in [-0.3, -0.25) is 4.79 Å². The molecule has 1 aliphatic heterocycles. The van der Waals surface area contributed by atoms with Gasteiger partial charge in [-0.25, -0.2) is 9.18 Å². The van der Waals surface area contributed by atoms with Crippen molar-refractivity contribution < 1.29 is 23.8 Å². The summed E-state index contributed by atoms with van der Waals surface area (Å²) in [5, 5.41) is 9.27. The van der Waals surface area contributed by atoms with E-state index >= 15 is 0 Å². The zero-order valence-electron chi connectivity index (χ0n) is 12.1. The van der Waals surface area contributed by atoms with Crippen LogP contribution in [0.5, 0.6) is 5.75 Å². The maximum atomic E-state index is 13.0. The molecular formula is C15H17ClFNO4. The number of ether oxygens (including phenoxy) is 1. The first kappa shape index (κ1) is 16.5. The number of nitrogens with zero attached hydrogens (tertiary/aromatic N) is 1. The molecule has 0 aliphatic carbocycles. The Hall–Kier alpha value is -1.82. The third kappa shape index (κ3) is 3.68. The number of carbonyl (C=O) groups excluding carboxylic acids is 1. The highest BCUT2D eigenvalue weighted by molar-refractivity contribution is 6.32. The summed E-state index contributed by atoms with van der Waals surface area (Å²) in [6.07, 6.45) is 1.08. The Morgan fingerprint density at radius 3 is 2.82 bits per heavy atom. The van der Waals surface area contributed by atoms with E-state index in [1.807, 2.05) is 0 Å². The summed E-state index contributed by atoms with van der Waals surface area (Å²) in [4.78, 5) is 25.0. The zero-order valence-corrected chi connectivity index (χ0v) is 12.8. The first-order valence-electron chi connectivity index (χ1n) is 7.05. The normalized spacial score (nSPS) is 19.6. The van der Waals surface area contributed by atoms with E-state index < -0.39 is 29.8 Å². The van der Waals surface area contributed by atoms with Crippen LogP contribution in [0.4, 0.5) is 4.39 Å². The average molecular weight is 330 g/mol. The van der Waals surface area contributed by atoms with E-state index in [0.29, 0.717) is 13.0 Å². The molecule has 0 bridgehead atoms. The smallest absolute Gasteiger partial charge is 0.326 e. The maximum absolute atomic E-state index is 13.0. The summed E-state index contributed by atoms with van der Waals surface area (Å²) in [6.45, 7) is 1.91. The minimum atomic E-state index is -1.01. The van der Waals surface area contributed by atoms with Crippen LogP contribution in [0.15, 0.2) is 18.2 Å². The molecular weight excluding hydrogens is 313 g/mol. The topological polar surface area (TPSA) is 66.8 Å². The largest absolute Gasteiger partial charge is 0.480 e. The number of carboxylic acids is 1. The number of piperidine rings is 1. The van der Waals surface area contributed by atoms with Gasteiger partial charge in [0.25, 0.3) is 5.91 Å². The van der Waals surface area contributed by atoms with E-state index in [9.17, 15) is 19.1 Å². The van der Waals surface area contributed by atoms with Crippen molar-refractivity contribution in [3.05, 3.63) is 29.0 Å². The lowest BCUT2D eigenvalue weighted by atomic mass is 10.0. The fraction of sp³-hybridized carbons (Fsp3) is 0.467. The van der Waals surface area contributed by atoms with Gasteiger partial charge in [0, 0.05) is 6.54 Å². The lowest BCUT2D eigenvalue weighted by Crippen LogP contribution is -2.52. The van der Waals surface area contributed by atoms with Crippen molar-refractivity contribution in [1.29, 1.82) is 0 Å². The number of likely N-dealkylation sites (tertiary alicyclic amines) is 1. The van der Waals surface area contributed by atoms with Gasteiger partial charge in [0.2, 0.25) is 0 Å². The van der Waals surface area contributed by atoms with Crippen molar-refractivity contribution in [1.82, 2.24) is 4.90 Å². The number of aliphatic carboxylic acids is 1. The van der Waals surface area contributed by atoms with Crippen molar-refractivity contribution in [3.8, 4) is 5.75 Å². The third-order valence-corrected chi connectivity index (χ3v) is 3.91. The van der Waals surface area contributed by atoms with Gasteiger partial charge in [-0.05, 0) is 44.4 Å². The molecule has 0 radical (unpaired) electrons. The zero-order chi connectivity index (χ0) is 16.3. The molecule has 1 amide bonds. The van der Waals surface area contributed by atoms with Gasteiger partial charge in [-0.15, -0.1) is 0 Å². The number of amides is 1. The van der Waals surface area contributed by atoms with Crippen molar-refractivity contribution >= 4 is 23.5 Å². The fourth-order valence-corrected chi connectivity index (χ4v) is 2.71. The van der Waals surface area contributed by atoms with Gasteiger partial charge in [-0.2, -0.15) is 0 Å². The van der Waals surface area contributed by atoms with Crippen molar-refractivity contribution in [2.75, 3.05) is 6.54 Å². The molecule has 0 spiro atoms. The number of rotatable bonds is 4. The molecule has 2 rings (SSSR count). The molecule has 1 saturated heterocycles. The predicted octanol–water partition coefficient (Wildman–Crippen LogP) is 2.71. The molecule has 7 heteroatoms. The van der Waals surface area contributed by atoms with Crippen molar-refractivity contribution in [2.45, 2.75) is 38.3 Å². The number of hydrogen-bond acceptors (Lipinski definition) is 3. The molecule has 1 N–H and O–H groups in total. The maximum Gasteiger partial charge on any atom is 0.326 e. The quantitative estimate of drug-likeness (QED) is 0.922. The second-order valence-electron chi connectivity index (χ2n) is 5.22. The molecule has 0 aromatic heterocycles. The van der Waals surface area contributed by atoms with Gasteiger partial charge in [0.05, 0.1) is 5.02 Å². The van der Waals surface area contributed by atoms with Crippen molar-refractivity contribution in [2.24, 2.45) is 0 Å². The molecule has 1 aromatic rings. The summed E-state index contributed by atoms with van der Waals surface area (Å²) in [6, 6.07) is 2.79. The number of halogens is 2. The summed E-state index contributed by atoms with van der Waals surface area (Å²) in [7, 11) is 0. The van der Waals surface area contributed by atoms with Crippen LogP contribution < -0.4 is 4.74 Å². The van der Waals surface area contributed by atoms with E-state index in [4.69, 9.17) is 16.3 Å². The minimum Gasteiger partial charge on any atom is -0.480 e. The highest BCUT2D eigenvalue weighted by Crippen LogP contribution is 2.27. The lowest BCUT2D eigenvalue weighted by molar-refractivity contribution is -0.155. The Balaban J connectivity index is 2.09. The van der Waals surface area contributed by atoms with Crippen LogP contribution in [0, 0.1) is 5.82 Å². The number of hydrogen-bond donors (Lipinski definition) is 1. The number of benzene rings is 1. The summed E-state index contributed by atoms with van der Waals surface area (Å²) in [5.41, 5.74) is 0. The molecule has 22 heavy (non-hydrogen) atoms. The molecule has 5 nitrogen and oxygen atoms in total. The third-order valence-electron chi connectivity index (χ3n) is 3.62. The summed E-state index contributed by atoms with van der Waals surface area (Å²) in [5.74, 6) is -1.74. The highest BCUT2D eigenvalue weighted by atomic mass is 35.5. The molecule has 2 atom stereocenters. The van der Waals surface area contributed by atoms with Gasteiger partial charge in [0.15, 0.2) is 6.10 Å². The standard InChI is InChI=1S/C15H17ClFNO4/c1-9(22-13-6-5-10(17)8-11(13)16)14(19)18-7-3-2-4-12(18)15(20)21/h5-6,8-9,12H,2-4,7H2,1H3,(H,20,21)/t9?,12-/m1/s1. The van der Waals surface area contributed by atoms with Crippen LogP contribution >= 0.6 is 11.6 Å². The van der Waals surface area contributed by atoms with E-state index in [1.54, 1.807) is 0 Å². The van der Waals surface area contributed by atoms with Gasteiger partial charge >= 0.3 is 5.97 Å². The molecule has 1 aromatic carbocycles. The van der Waals surface area contributed by atoms with E-state index in [-0.39, 0.29) is 10.8 Å². The first-order valence-corrected chi connectivity index (χ1v) is 7.43. The Morgan fingerprint density at radius 2 is 2.18 bits per heavy atom. The first-order chi connectivity index (χ1) is 10.4. The van der Waals surface area contributed by atoms with Crippen LogP contribution in [0.25, 0.3) is 0 Å². The second-order valence-corrected chi connectivity index (χ2v) is 5.62. The molecule has 1 heterocycles. The minimum absolute atomic E-state index is 0.0630. The fourth-order valence-electron chi connectivity index (χ4n) is 2.50. The van der Waals surface area contributed by atoms with Gasteiger partial charge in [-0.1, -0.05) is 11.6 Å². The molecule has 1 aliphatic rings. The van der Waals surface area contributed by atoms with Crippen molar-refractivity contribution in [3.63, 3.8) is 0 Å². The summed E-state index contributed by atoms with van der Waals surface area (Å²) >= 11 is 5.86. The molecule has 1 unspecified atom stereocenters. The molecule has 120 valence electrons. The lowest BCUT2D eigenvalue weighted by Gasteiger charge is -2.34. The van der Waals surface area contributed by atoms with Gasteiger partial charge in [0.1, 0.15) is 17.6 Å². The van der Waals surface area contributed by atoms with E-state index in [2.05, 4.69) is 0 Å². The molecule has 0 saturated carbocycles. The van der Waals surface area contributed by atoms with Crippen LogP contribution in [0.2, 0.25) is 5.02 Å². The predicted molar refractivity (Wildman–Crippen MR) is 78.5 cm³/mol. The number of carboxylic acid groups (broad SMARTS) is 1. The van der Waals surface area contributed by atoms with Gasteiger partial charge < -0.3 is 14.7 Å². The average Bonchev–Trinajstić information content (AvgIpc) is 2.49. The Kier molecular flexibility index (Phi) is 5.24. The van der Waals surface area contributed by atoms with Crippen LogP contribution in [-0.2, 0) is 9.59 Å². The van der Waals surface area contributed by atoms with Crippen LogP contribution in [0.1, 0.15) is 26.2 Å². The van der Waals surface area contributed by atoms with E-state index in [0.717, 1.165) is 18.9 Å². The van der Waals surface area contributed by atoms with E-state index in [1.165, 1.54) is 24.0 Å². The highest BCUT2D eigenvalue weighted by Gasteiger charge is 2.34. The SMILES string of the molecule is CC(Oc1ccc(F)cc1Cl)C(=O)N1CCCC[C@@H]1C(=O)O. The number of carbonyl (C=O) groups is 2.